The zero-order valence-electron chi connectivity index (χ0n) is 13.3. The van der Waals surface area contributed by atoms with Crippen LogP contribution in [0.5, 0.6) is 0 Å². The molecule has 4 nitrogen and oxygen atoms in total. The quantitative estimate of drug-likeness (QED) is 0.875. The molecule has 25 heavy (non-hydrogen) atoms. The Morgan fingerprint density at radius 3 is 2.32 bits per heavy atom. The molecule has 2 aromatic carbocycles. The van der Waals surface area contributed by atoms with E-state index in [0.717, 1.165) is 18.2 Å². The zero-order valence-corrected chi connectivity index (χ0v) is 14.1. The number of halogens is 4. The van der Waals surface area contributed by atoms with E-state index < -0.39 is 17.6 Å². The van der Waals surface area contributed by atoms with Gasteiger partial charge in [-0.05, 0) is 36.4 Å². The molecule has 0 atom stereocenters. The predicted molar refractivity (Wildman–Crippen MR) is 88.9 cm³/mol. The molecule has 0 saturated heterocycles. The van der Waals surface area contributed by atoms with Crippen molar-refractivity contribution in [3.63, 3.8) is 0 Å². The maximum absolute atomic E-state index is 12.7. The van der Waals surface area contributed by atoms with Gasteiger partial charge in [-0.1, -0.05) is 17.7 Å². The SMILES string of the molecule is CN(C)C(=O)c1ccc(Cl)c(NC(=O)c2cccc(C(F)(F)F)c2)c1. The summed E-state index contributed by atoms with van der Waals surface area (Å²) in [6.45, 7) is 0. The second kappa shape index (κ2) is 7.14. The molecule has 1 N–H and O–H groups in total. The maximum atomic E-state index is 12.7. The Morgan fingerprint density at radius 1 is 1.04 bits per heavy atom. The monoisotopic (exact) mass is 370 g/mol. The van der Waals surface area contributed by atoms with Crippen molar-refractivity contribution in [2.45, 2.75) is 6.18 Å². The molecule has 0 spiro atoms. The van der Waals surface area contributed by atoms with Gasteiger partial charge in [-0.3, -0.25) is 9.59 Å². The Morgan fingerprint density at radius 2 is 1.72 bits per heavy atom. The number of hydrogen-bond donors (Lipinski definition) is 1. The normalized spacial score (nSPS) is 11.1. The Labute approximate surface area is 147 Å². The van der Waals surface area contributed by atoms with Gasteiger partial charge in [0.1, 0.15) is 0 Å². The van der Waals surface area contributed by atoms with E-state index in [0.29, 0.717) is 0 Å². The molecule has 0 saturated carbocycles. The van der Waals surface area contributed by atoms with Crippen molar-refractivity contribution in [1.82, 2.24) is 4.90 Å². The lowest BCUT2D eigenvalue weighted by molar-refractivity contribution is -0.137. The molecule has 2 rings (SSSR count). The second-order valence-electron chi connectivity index (χ2n) is 5.43. The lowest BCUT2D eigenvalue weighted by Crippen LogP contribution is -2.22. The third-order valence-electron chi connectivity index (χ3n) is 3.32. The van der Waals surface area contributed by atoms with Gasteiger partial charge in [0.25, 0.3) is 11.8 Å². The number of rotatable bonds is 3. The summed E-state index contributed by atoms with van der Waals surface area (Å²) >= 11 is 6.00. The van der Waals surface area contributed by atoms with Gasteiger partial charge in [0.2, 0.25) is 0 Å². The molecule has 0 aliphatic carbocycles. The molecule has 0 fully saturated rings. The van der Waals surface area contributed by atoms with Crippen LogP contribution in [0.2, 0.25) is 5.02 Å². The third-order valence-corrected chi connectivity index (χ3v) is 3.65. The summed E-state index contributed by atoms with van der Waals surface area (Å²) in [7, 11) is 3.13. The van der Waals surface area contributed by atoms with Gasteiger partial charge >= 0.3 is 6.18 Å². The van der Waals surface area contributed by atoms with Gasteiger partial charge in [0.15, 0.2) is 0 Å². The van der Waals surface area contributed by atoms with Gasteiger partial charge < -0.3 is 10.2 Å². The summed E-state index contributed by atoms with van der Waals surface area (Å²) in [6.07, 6.45) is -4.55. The lowest BCUT2D eigenvalue weighted by Gasteiger charge is -2.13. The predicted octanol–water partition coefficient (Wildman–Crippen LogP) is 4.31. The Balaban J connectivity index is 2.29. The molecule has 0 unspecified atom stereocenters. The number of benzene rings is 2. The Hall–Kier alpha value is -2.54. The highest BCUT2D eigenvalue weighted by molar-refractivity contribution is 6.34. The fourth-order valence-corrected chi connectivity index (χ4v) is 2.21. The molecule has 8 heteroatoms. The summed E-state index contributed by atoms with van der Waals surface area (Å²) in [5, 5.41) is 2.59. The molecule has 0 aliphatic rings. The van der Waals surface area contributed by atoms with Gasteiger partial charge in [-0.15, -0.1) is 0 Å². The van der Waals surface area contributed by atoms with E-state index in [1.54, 1.807) is 14.1 Å². The highest BCUT2D eigenvalue weighted by Crippen LogP contribution is 2.30. The van der Waals surface area contributed by atoms with Gasteiger partial charge in [0.05, 0.1) is 16.3 Å². The first kappa shape index (κ1) is 18.8. The van der Waals surface area contributed by atoms with E-state index in [-0.39, 0.29) is 27.7 Å². The number of anilines is 1. The van der Waals surface area contributed by atoms with Crippen molar-refractivity contribution in [2.75, 3.05) is 19.4 Å². The number of alkyl halides is 3. The standard InChI is InChI=1S/C17H14ClF3N2O2/c1-23(2)16(25)11-6-7-13(18)14(9-11)22-15(24)10-4-3-5-12(8-10)17(19,20)21/h3-9H,1-2H3,(H,22,24). The molecular formula is C17H14ClF3N2O2. The van der Waals surface area contributed by atoms with E-state index in [1.807, 2.05) is 0 Å². The first-order valence-electron chi connectivity index (χ1n) is 7.09. The van der Waals surface area contributed by atoms with Crippen LogP contribution in [0.25, 0.3) is 0 Å². The van der Waals surface area contributed by atoms with Crippen LogP contribution in [-0.4, -0.2) is 30.8 Å². The van der Waals surface area contributed by atoms with Gasteiger partial charge in [-0.25, -0.2) is 0 Å². The highest BCUT2D eigenvalue weighted by Gasteiger charge is 2.31. The van der Waals surface area contributed by atoms with Crippen LogP contribution in [0.1, 0.15) is 26.3 Å². The van der Waals surface area contributed by atoms with Crippen LogP contribution in [-0.2, 0) is 6.18 Å². The van der Waals surface area contributed by atoms with Crippen molar-refractivity contribution in [1.29, 1.82) is 0 Å². The first-order chi connectivity index (χ1) is 11.6. The minimum absolute atomic E-state index is 0.136. The summed E-state index contributed by atoms with van der Waals surface area (Å²) in [4.78, 5) is 25.5. The van der Waals surface area contributed by atoms with Crippen LogP contribution in [0, 0.1) is 0 Å². The summed E-state index contributed by atoms with van der Waals surface area (Å²) in [5.41, 5.74) is -0.677. The van der Waals surface area contributed by atoms with Crippen LogP contribution in [0.3, 0.4) is 0 Å². The molecule has 2 amide bonds. The molecule has 0 heterocycles. The minimum atomic E-state index is -4.55. The third kappa shape index (κ3) is 4.51. The van der Waals surface area contributed by atoms with Crippen molar-refractivity contribution in [2.24, 2.45) is 0 Å². The molecule has 0 aliphatic heterocycles. The molecule has 0 radical (unpaired) electrons. The van der Waals surface area contributed by atoms with Gasteiger partial charge in [0, 0.05) is 25.2 Å². The van der Waals surface area contributed by atoms with Crippen molar-refractivity contribution < 1.29 is 22.8 Å². The Bertz CT molecular complexity index is 820. The van der Waals surface area contributed by atoms with E-state index in [4.69, 9.17) is 11.6 Å². The fraction of sp³-hybridized carbons (Fsp3) is 0.176. The maximum Gasteiger partial charge on any atom is 0.416 e. The average Bonchev–Trinajstić information content (AvgIpc) is 2.55. The molecule has 2 aromatic rings. The summed E-state index contributed by atoms with van der Waals surface area (Å²) in [5.74, 6) is -1.06. The van der Waals surface area contributed by atoms with Crippen molar-refractivity contribution >= 4 is 29.1 Å². The molecule has 132 valence electrons. The minimum Gasteiger partial charge on any atom is -0.345 e. The lowest BCUT2D eigenvalue weighted by atomic mass is 10.1. The highest BCUT2D eigenvalue weighted by atomic mass is 35.5. The first-order valence-corrected chi connectivity index (χ1v) is 7.47. The number of amides is 2. The van der Waals surface area contributed by atoms with Crippen molar-refractivity contribution in [3.05, 3.63) is 64.2 Å². The van der Waals surface area contributed by atoms with E-state index in [1.165, 1.54) is 29.2 Å². The Kier molecular flexibility index (Phi) is 5.37. The van der Waals surface area contributed by atoms with Crippen LogP contribution < -0.4 is 5.32 Å². The molecular weight excluding hydrogens is 357 g/mol. The molecule has 0 bridgehead atoms. The smallest absolute Gasteiger partial charge is 0.345 e. The van der Waals surface area contributed by atoms with E-state index >= 15 is 0 Å². The summed E-state index contributed by atoms with van der Waals surface area (Å²) < 4.78 is 38.2. The van der Waals surface area contributed by atoms with Crippen LogP contribution >= 0.6 is 11.6 Å². The zero-order chi connectivity index (χ0) is 18.8. The topological polar surface area (TPSA) is 49.4 Å². The largest absolute Gasteiger partial charge is 0.416 e. The number of carbonyl (C=O) groups excluding carboxylic acids is 2. The van der Waals surface area contributed by atoms with Crippen LogP contribution in [0.4, 0.5) is 18.9 Å². The van der Waals surface area contributed by atoms with Crippen LogP contribution in [0.15, 0.2) is 42.5 Å². The number of hydrogen-bond acceptors (Lipinski definition) is 2. The second-order valence-corrected chi connectivity index (χ2v) is 5.83. The van der Waals surface area contributed by atoms with Gasteiger partial charge in [-0.2, -0.15) is 13.2 Å². The number of nitrogens with one attached hydrogen (secondary N) is 1. The fourth-order valence-electron chi connectivity index (χ4n) is 2.04. The number of carbonyl (C=O) groups is 2. The van der Waals surface area contributed by atoms with E-state index in [2.05, 4.69) is 5.32 Å². The summed E-state index contributed by atoms with van der Waals surface area (Å²) in [6, 6.07) is 8.32. The average molecular weight is 371 g/mol. The van der Waals surface area contributed by atoms with E-state index in [9.17, 15) is 22.8 Å². The van der Waals surface area contributed by atoms with Crippen molar-refractivity contribution in [3.8, 4) is 0 Å². The molecule has 0 aromatic heterocycles. The number of nitrogens with zero attached hydrogens (tertiary/aromatic N) is 1.